The molecule has 0 saturated heterocycles. The number of carbonyl (C=O) groups is 1. The van der Waals surface area contributed by atoms with E-state index in [-0.39, 0.29) is 17.2 Å². The fourth-order valence-corrected chi connectivity index (χ4v) is 3.23. The Morgan fingerprint density at radius 1 is 1.29 bits per heavy atom. The van der Waals surface area contributed by atoms with Gasteiger partial charge >= 0.3 is 0 Å². The number of nitrogens with zero attached hydrogens (tertiary/aromatic N) is 2. The van der Waals surface area contributed by atoms with Gasteiger partial charge in [-0.05, 0) is 24.6 Å². The molecular weight excluding hydrogens is 330 g/mol. The van der Waals surface area contributed by atoms with E-state index in [1.165, 1.54) is 30.7 Å². The molecule has 0 fully saturated rings. The summed E-state index contributed by atoms with van der Waals surface area (Å²) in [5.74, 6) is 0.0419. The summed E-state index contributed by atoms with van der Waals surface area (Å²) in [7, 11) is 3.00. The Bertz CT molecular complexity index is 923. The van der Waals surface area contributed by atoms with Crippen LogP contribution in [0, 0.1) is 6.92 Å². The third kappa shape index (κ3) is 2.83. The lowest BCUT2D eigenvalue weighted by atomic mass is 10.2. The van der Waals surface area contributed by atoms with Crippen molar-refractivity contribution in [3.63, 3.8) is 0 Å². The van der Waals surface area contributed by atoms with E-state index in [0.29, 0.717) is 5.13 Å². The molecule has 1 amide bonds. The number of anilines is 1. The average Bonchev–Trinajstić information content (AvgIpc) is 2.97. The minimum atomic E-state index is -0.560. The summed E-state index contributed by atoms with van der Waals surface area (Å²) >= 11 is 1.32. The normalized spacial score (nSPS) is 10.6. The number of pyridine rings is 1. The number of thiazole rings is 1. The number of ether oxygens (including phenoxy) is 2. The Hall–Kier alpha value is -2.87. The maximum absolute atomic E-state index is 12.3. The van der Waals surface area contributed by atoms with Gasteiger partial charge in [0.25, 0.3) is 5.91 Å². The standard InChI is InChI=1S/C16H15N3O4S/c1-8-6-9(22-2)7-11-12(8)18-16(24-11)19-15(21)13-14(20)10(23-3)4-5-17-13/h4-7,20H,1-3H3,(H,18,19,21). The highest BCUT2D eigenvalue weighted by Gasteiger charge is 2.18. The first-order chi connectivity index (χ1) is 11.5. The van der Waals surface area contributed by atoms with Gasteiger partial charge in [0, 0.05) is 12.3 Å². The van der Waals surface area contributed by atoms with E-state index in [1.807, 2.05) is 19.1 Å². The molecule has 0 aliphatic rings. The lowest BCUT2D eigenvalue weighted by molar-refractivity contribution is 0.101. The second-order valence-electron chi connectivity index (χ2n) is 4.97. The van der Waals surface area contributed by atoms with Crippen LogP contribution in [0.1, 0.15) is 16.1 Å². The highest BCUT2D eigenvalue weighted by Crippen LogP contribution is 2.33. The van der Waals surface area contributed by atoms with Gasteiger partial charge in [0.1, 0.15) is 5.75 Å². The molecule has 3 rings (SSSR count). The quantitative estimate of drug-likeness (QED) is 0.755. The zero-order chi connectivity index (χ0) is 17.3. The molecule has 124 valence electrons. The van der Waals surface area contributed by atoms with Crippen LogP contribution >= 0.6 is 11.3 Å². The Morgan fingerprint density at radius 3 is 2.79 bits per heavy atom. The van der Waals surface area contributed by atoms with Crippen molar-refractivity contribution in [2.24, 2.45) is 0 Å². The molecule has 0 unspecified atom stereocenters. The number of aryl methyl sites for hydroxylation is 1. The predicted octanol–water partition coefficient (Wildman–Crippen LogP) is 2.97. The molecule has 24 heavy (non-hydrogen) atoms. The zero-order valence-corrected chi connectivity index (χ0v) is 14.1. The highest BCUT2D eigenvalue weighted by molar-refractivity contribution is 7.22. The van der Waals surface area contributed by atoms with Crippen LogP contribution in [0.25, 0.3) is 10.2 Å². The Kier molecular flexibility index (Phi) is 4.22. The molecule has 2 N–H and O–H groups in total. The Labute approximate surface area is 141 Å². The molecule has 0 bridgehead atoms. The van der Waals surface area contributed by atoms with Gasteiger partial charge in [-0.2, -0.15) is 0 Å². The molecule has 2 heterocycles. The molecule has 0 radical (unpaired) electrons. The number of nitrogens with one attached hydrogen (secondary N) is 1. The topological polar surface area (TPSA) is 93.6 Å². The SMILES string of the molecule is COc1cc(C)c2nc(NC(=O)c3nccc(OC)c3O)sc2c1. The third-order valence-electron chi connectivity index (χ3n) is 3.44. The monoisotopic (exact) mass is 345 g/mol. The second-order valence-corrected chi connectivity index (χ2v) is 6.01. The molecule has 1 aromatic carbocycles. The number of methoxy groups -OCH3 is 2. The summed E-state index contributed by atoms with van der Waals surface area (Å²) in [6, 6.07) is 5.21. The number of benzene rings is 1. The lowest BCUT2D eigenvalue weighted by Crippen LogP contribution is -2.13. The van der Waals surface area contributed by atoms with Gasteiger partial charge in [-0.1, -0.05) is 11.3 Å². The van der Waals surface area contributed by atoms with Crippen molar-refractivity contribution in [3.8, 4) is 17.2 Å². The van der Waals surface area contributed by atoms with Crippen molar-refractivity contribution in [1.29, 1.82) is 0 Å². The number of hydrogen-bond donors (Lipinski definition) is 2. The van der Waals surface area contributed by atoms with Crippen LogP contribution in [0.4, 0.5) is 5.13 Å². The van der Waals surface area contributed by atoms with E-state index in [0.717, 1.165) is 21.5 Å². The highest BCUT2D eigenvalue weighted by atomic mass is 32.1. The Morgan fingerprint density at radius 2 is 2.08 bits per heavy atom. The van der Waals surface area contributed by atoms with Crippen molar-refractivity contribution in [2.75, 3.05) is 19.5 Å². The number of carbonyl (C=O) groups excluding carboxylic acids is 1. The van der Waals surface area contributed by atoms with Gasteiger partial charge in [-0.25, -0.2) is 9.97 Å². The first-order valence-corrected chi connectivity index (χ1v) is 7.83. The van der Waals surface area contributed by atoms with Crippen LogP contribution in [0.5, 0.6) is 17.2 Å². The fourth-order valence-electron chi connectivity index (χ4n) is 2.26. The number of aromatic hydroxyl groups is 1. The maximum atomic E-state index is 12.3. The predicted molar refractivity (Wildman–Crippen MR) is 91.3 cm³/mol. The summed E-state index contributed by atoms with van der Waals surface area (Å²) in [6.45, 7) is 1.92. The zero-order valence-electron chi connectivity index (χ0n) is 13.3. The molecule has 0 spiro atoms. The molecule has 3 aromatic rings. The van der Waals surface area contributed by atoms with Crippen molar-refractivity contribution in [2.45, 2.75) is 6.92 Å². The van der Waals surface area contributed by atoms with Gasteiger partial charge in [0.15, 0.2) is 22.3 Å². The maximum Gasteiger partial charge on any atom is 0.280 e. The van der Waals surface area contributed by atoms with Crippen LogP contribution in [0.15, 0.2) is 24.4 Å². The largest absolute Gasteiger partial charge is 0.503 e. The van der Waals surface area contributed by atoms with E-state index in [4.69, 9.17) is 9.47 Å². The molecule has 7 nitrogen and oxygen atoms in total. The van der Waals surface area contributed by atoms with E-state index in [2.05, 4.69) is 15.3 Å². The van der Waals surface area contributed by atoms with Crippen molar-refractivity contribution in [3.05, 3.63) is 35.7 Å². The van der Waals surface area contributed by atoms with Crippen LogP contribution in [-0.4, -0.2) is 35.2 Å². The third-order valence-corrected chi connectivity index (χ3v) is 4.36. The lowest BCUT2D eigenvalue weighted by Gasteiger charge is -2.06. The molecule has 0 saturated carbocycles. The van der Waals surface area contributed by atoms with Crippen molar-refractivity contribution >= 4 is 32.6 Å². The van der Waals surface area contributed by atoms with Gasteiger partial charge in [0.2, 0.25) is 0 Å². The van der Waals surface area contributed by atoms with Gasteiger partial charge in [-0.3, -0.25) is 10.1 Å². The van der Waals surface area contributed by atoms with Crippen LogP contribution in [0.2, 0.25) is 0 Å². The number of amides is 1. The molecule has 0 aliphatic carbocycles. The van der Waals surface area contributed by atoms with Crippen LogP contribution in [0.3, 0.4) is 0 Å². The van der Waals surface area contributed by atoms with Gasteiger partial charge in [-0.15, -0.1) is 0 Å². The smallest absolute Gasteiger partial charge is 0.280 e. The number of fused-ring (bicyclic) bond motifs is 1. The van der Waals surface area contributed by atoms with Gasteiger partial charge < -0.3 is 14.6 Å². The molecular formula is C16H15N3O4S. The van der Waals surface area contributed by atoms with Crippen molar-refractivity contribution < 1.29 is 19.4 Å². The van der Waals surface area contributed by atoms with E-state index < -0.39 is 5.91 Å². The average molecular weight is 345 g/mol. The van der Waals surface area contributed by atoms with Crippen LogP contribution in [-0.2, 0) is 0 Å². The second kappa shape index (κ2) is 6.32. The van der Waals surface area contributed by atoms with E-state index in [1.54, 1.807) is 7.11 Å². The molecule has 0 aliphatic heterocycles. The number of hydrogen-bond acceptors (Lipinski definition) is 7. The summed E-state index contributed by atoms with van der Waals surface area (Å²) in [4.78, 5) is 20.7. The first kappa shape index (κ1) is 16.0. The molecule has 0 atom stereocenters. The van der Waals surface area contributed by atoms with E-state index >= 15 is 0 Å². The first-order valence-electron chi connectivity index (χ1n) is 7.02. The van der Waals surface area contributed by atoms with E-state index in [9.17, 15) is 9.90 Å². The van der Waals surface area contributed by atoms with Crippen molar-refractivity contribution in [1.82, 2.24) is 9.97 Å². The van der Waals surface area contributed by atoms with Crippen LogP contribution < -0.4 is 14.8 Å². The summed E-state index contributed by atoms with van der Waals surface area (Å²) in [5.41, 5.74) is 1.62. The minimum absolute atomic E-state index is 0.122. The molecule has 8 heteroatoms. The fraction of sp³-hybridized carbons (Fsp3) is 0.188. The molecule has 2 aromatic heterocycles. The summed E-state index contributed by atoms with van der Waals surface area (Å²) < 4.78 is 11.1. The summed E-state index contributed by atoms with van der Waals surface area (Å²) in [5, 5.41) is 13.1. The number of rotatable bonds is 4. The number of aromatic nitrogens is 2. The minimum Gasteiger partial charge on any atom is -0.503 e. The van der Waals surface area contributed by atoms with Gasteiger partial charge in [0.05, 0.1) is 24.4 Å². The Balaban J connectivity index is 1.92. The summed E-state index contributed by atoms with van der Waals surface area (Å²) in [6.07, 6.45) is 1.39.